The lowest BCUT2D eigenvalue weighted by Gasteiger charge is -2.08. The van der Waals surface area contributed by atoms with Gasteiger partial charge in [-0.2, -0.15) is 0 Å². The summed E-state index contributed by atoms with van der Waals surface area (Å²) in [5, 5.41) is 11.5. The van der Waals surface area contributed by atoms with E-state index in [2.05, 4.69) is 5.32 Å². The highest BCUT2D eigenvalue weighted by Gasteiger charge is 2.08. The normalized spacial score (nSPS) is 11.5. The second kappa shape index (κ2) is 7.26. The number of hydrogen-bond acceptors (Lipinski definition) is 2. The Labute approximate surface area is 95.9 Å². The third-order valence-electron chi connectivity index (χ3n) is 2.08. The Bertz CT molecular complexity index is 290. The fourth-order valence-corrected chi connectivity index (χ4v) is 1.17. The maximum Gasteiger partial charge on any atom is 0.320 e. The van der Waals surface area contributed by atoms with Gasteiger partial charge in [-0.05, 0) is 25.5 Å². The van der Waals surface area contributed by atoms with E-state index in [1.807, 2.05) is 30.3 Å². The van der Waals surface area contributed by atoms with E-state index >= 15 is 0 Å². The van der Waals surface area contributed by atoms with Gasteiger partial charge >= 0.3 is 5.97 Å². The number of carboxylic acid groups (broad SMARTS) is 1. The molecule has 0 aliphatic carbocycles. The number of carbonyl (C=O) groups is 1. The third-order valence-corrected chi connectivity index (χ3v) is 2.08. The highest BCUT2D eigenvalue weighted by atomic mass is 35.5. The molecule has 1 unspecified atom stereocenters. The standard InChI is InChI=1S/C11H15NO2.ClH/c1-9(11(13)14)12-8-7-10-5-3-2-4-6-10;/h2-6,9,12H,7-8H2,1H3,(H,13,14);1H. The van der Waals surface area contributed by atoms with E-state index in [0.29, 0.717) is 6.54 Å². The molecule has 0 heterocycles. The highest BCUT2D eigenvalue weighted by molar-refractivity contribution is 5.85. The Balaban J connectivity index is 0.00000196. The molecule has 0 aliphatic heterocycles. The Morgan fingerprint density at radius 3 is 2.53 bits per heavy atom. The molecule has 0 saturated carbocycles. The molecule has 0 aliphatic rings. The van der Waals surface area contributed by atoms with Crippen molar-refractivity contribution < 1.29 is 9.90 Å². The number of aliphatic carboxylic acids is 1. The van der Waals surface area contributed by atoms with Gasteiger partial charge in [0.05, 0.1) is 0 Å². The zero-order valence-electron chi connectivity index (χ0n) is 8.64. The summed E-state index contributed by atoms with van der Waals surface area (Å²) in [5.41, 5.74) is 1.22. The number of hydrogen-bond donors (Lipinski definition) is 2. The first-order chi connectivity index (χ1) is 6.70. The maximum absolute atomic E-state index is 10.5. The predicted molar refractivity (Wildman–Crippen MR) is 62.5 cm³/mol. The minimum absolute atomic E-state index is 0. The fourth-order valence-electron chi connectivity index (χ4n) is 1.17. The van der Waals surface area contributed by atoms with Crippen LogP contribution in [0.5, 0.6) is 0 Å². The molecule has 1 rings (SSSR count). The number of rotatable bonds is 5. The number of halogens is 1. The molecule has 1 aromatic carbocycles. The van der Waals surface area contributed by atoms with Crippen LogP contribution in [-0.4, -0.2) is 23.7 Å². The van der Waals surface area contributed by atoms with Crippen molar-refractivity contribution in [3.8, 4) is 0 Å². The molecule has 3 nitrogen and oxygen atoms in total. The van der Waals surface area contributed by atoms with Crippen molar-refractivity contribution in [1.82, 2.24) is 5.32 Å². The molecular formula is C11H16ClNO2. The summed E-state index contributed by atoms with van der Waals surface area (Å²) in [6.45, 7) is 2.34. The molecule has 15 heavy (non-hydrogen) atoms. The van der Waals surface area contributed by atoms with E-state index in [4.69, 9.17) is 5.11 Å². The molecule has 4 heteroatoms. The van der Waals surface area contributed by atoms with Crippen LogP contribution in [0, 0.1) is 0 Å². The zero-order valence-corrected chi connectivity index (χ0v) is 9.46. The summed E-state index contributed by atoms with van der Waals surface area (Å²) in [5.74, 6) is -0.807. The lowest BCUT2D eigenvalue weighted by molar-refractivity contribution is -0.138. The van der Waals surface area contributed by atoms with Crippen LogP contribution < -0.4 is 5.32 Å². The largest absolute Gasteiger partial charge is 0.480 e. The quantitative estimate of drug-likeness (QED) is 0.808. The SMILES string of the molecule is CC(NCCc1ccccc1)C(=O)O.Cl. The third kappa shape index (κ3) is 5.40. The average molecular weight is 230 g/mol. The lowest BCUT2D eigenvalue weighted by Crippen LogP contribution is -2.34. The first kappa shape index (κ1) is 13.9. The molecular weight excluding hydrogens is 214 g/mol. The van der Waals surface area contributed by atoms with Crippen molar-refractivity contribution in [3.05, 3.63) is 35.9 Å². The molecule has 0 amide bonds. The van der Waals surface area contributed by atoms with Gasteiger partial charge in [-0.25, -0.2) is 0 Å². The van der Waals surface area contributed by atoms with Gasteiger partial charge in [0.1, 0.15) is 6.04 Å². The molecule has 0 saturated heterocycles. The van der Waals surface area contributed by atoms with Crippen LogP contribution in [-0.2, 0) is 11.2 Å². The summed E-state index contributed by atoms with van der Waals surface area (Å²) in [6.07, 6.45) is 0.860. The molecule has 0 spiro atoms. The second-order valence-corrected chi connectivity index (χ2v) is 3.25. The molecule has 0 aromatic heterocycles. The van der Waals surface area contributed by atoms with Crippen LogP contribution in [0.2, 0.25) is 0 Å². The van der Waals surface area contributed by atoms with E-state index in [1.54, 1.807) is 6.92 Å². The average Bonchev–Trinajstić information content (AvgIpc) is 2.19. The summed E-state index contributed by atoms with van der Waals surface area (Å²) in [4.78, 5) is 10.5. The Morgan fingerprint density at radius 2 is 2.00 bits per heavy atom. The van der Waals surface area contributed by atoms with Crippen LogP contribution >= 0.6 is 12.4 Å². The first-order valence-corrected chi connectivity index (χ1v) is 4.70. The summed E-state index contributed by atoms with van der Waals surface area (Å²) in [7, 11) is 0. The van der Waals surface area contributed by atoms with Crippen LogP contribution in [0.4, 0.5) is 0 Å². The van der Waals surface area contributed by atoms with Crippen molar-refractivity contribution in [2.45, 2.75) is 19.4 Å². The van der Waals surface area contributed by atoms with Crippen molar-refractivity contribution >= 4 is 18.4 Å². The zero-order chi connectivity index (χ0) is 10.4. The highest BCUT2D eigenvalue weighted by Crippen LogP contribution is 1.98. The molecule has 1 atom stereocenters. The van der Waals surface area contributed by atoms with Crippen molar-refractivity contribution in [3.63, 3.8) is 0 Å². The van der Waals surface area contributed by atoms with Crippen LogP contribution in [0.1, 0.15) is 12.5 Å². The monoisotopic (exact) mass is 229 g/mol. The van der Waals surface area contributed by atoms with Gasteiger partial charge in [0, 0.05) is 0 Å². The summed E-state index contributed by atoms with van der Waals surface area (Å²) < 4.78 is 0. The van der Waals surface area contributed by atoms with Crippen LogP contribution in [0.3, 0.4) is 0 Å². The van der Waals surface area contributed by atoms with Crippen molar-refractivity contribution in [2.75, 3.05) is 6.54 Å². The minimum atomic E-state index is -0.807. The number of carboxylic acids is 1. The van der Waals surface area contributed by atoms with Crippen molar-refractivity contribution in [2.24, 2.45) is 0 Å². The fraction of sp³-hybridized carbons (Fsp3) is 0.364. The van der Waals surface area contributed by atoms with Crippen molar-refractivity contribution in [1.29, 1.82) is 0 Å². The maximum atomic E-state index is 10.5. The second-order valence-electron chi connectivity index (χ2n) is 3.25. The number of benzene rings is 1. The van der Waals surface area contributed by atoms with E-state index in [0.717, 1.165) is 6.42 Å². The molecule has 2 N–H and O–H groups in total. The lowest BCUT2D eigenvalue weighted by atomic mass is 10.1. The van der Waals surface area contributed by atoms with Crippen LogP contribution in [0.25, 0.3) is 0 Å². The first-order valence-electron chi connectivity index (χ1n) is 4.70. The Kier molecular flexibility index (Phi) is 6.75. The molecule has 84 valence electrons. The Morgan fingerprint density at radius 1 is 1.40 bits per heavy atom. The molecule has 0 bridgehead atoms. The molecule has 0 fully saturated rings. The van der Waals surface area contributed by atoms with E-state index in [-0.39, 0.29) is 12.4 Å². The molecule has 0 radical (unpaired) electrons. The Hall–Kier alpha value is -1.06. The van der Waals surface area contributed by atoms with Gasteiger partial charge in [-0.1, -0.05) is 30.3 Å². The van der Waals surface area contributed by atoms with Gasteiger partial charge < -0.3 is 10.4 Å². The van der Waals surface area contributed by atoms with Gasteiger partial charge in [0.2, 0.25) is 0 Å². The van der Waals surface area contributed by atoms with Gasteiger partial charge in [-0.15, -0.1) is 12.4 Å². The molecule has 1 aromatic rings. The van der Waals surface area contributed by atoms with E-state index in [9.17, 15) is 4.79 Å². The summed E-state index contributed by atoms with van der Waals surface area (Å²) >= 11 is 0. The van der Waals surface area contributed by atoms with E-state index in [1.165, 1.54) is 5.56 Å². The number of nitrogens with one attached hydrogen (secondary N) is 1. The minimum Gasteiger partial charge on any atom is -0.480 e. The predicted octanol–water partition coefficient (Wildman–Crippen LogP) is 1.71. The van der Waals surface area contributed by atoms with E-state index < -0.39 is 12.0 Å². The van der Waals surface area contributed by atoms with Gasteiger partial charge in [0.15, 0.2) is 0 Å². The smallest absolute Gasteiger partial charge is 0.320 e. The summed E-state index contributed by atoms with van der Waals surface area (Å²) in [6, 6.07) is 9.53. The topological polar surface area (TPSA) is 49.3 Å². The van der Waals surface area contributed by atoms with Gasteiger partial charge in [0.25, 0.3) is 0 Å². The van der Waals surface area contributed by atoms with Gasteiger partial charge in [-0.3, -0.25) is 4.79 Å². The van der Waals surface area contributed by atoms with Crippen LogP contribution in [0.15, 0.2) is 30.3 Å².